The number of aliphatic hydroxyl groups is 2. The summed E-state index contributed by atoms with van der Waals surface area (Å²) in [7, 11) is 0. The number of anilines is 1. The van der Waals surface area contributed by atoms with Crippen LogP contribution in [0.4, 0.5) is 10.5 Å². The molecule has 1 fully saturated rings. The number of hydrazine groups is 1. The summed E-state index contributed by atoms with van der Waals surface area (Å²) in [4.78, 5) is 11.6. The van der Waals surface area contributed by atoms with Crippen LogP contribution in [0.3, 0.4) is 0 Å². The Kier molecular flexibility index (Phi) is 4.57. The van der Waals surface area contributed by atoms with Crippen LogP contribution < -0.4 is 21.5 Å². The number of aliphatic hydroxyl groups excluding tert-OH is 2. The van der Waals surface area contributed by atoms with Gasteiger partial charge in [0, 0.05) is 23.5 Å². The second-order valence-electron chi connectivity index (χ2n) is 4.48. The lowest BCUT2D eigenvalue weighted by Crippen LogP contribution is -2.40. The van der Waals surface area contributed by atoms with Crippen molar-refractivity contribution in [3.05, 3.63) is 41.6 Å². The van der Waals surface area contributed by atoms with Gasteiger partial charge in [-0.1, -0.05) is 18.2 Å². The van der Waals surface area contributed by atoms with Crippen LogP contribution in [0.2, 0.25) is 0 Å². The Balaban J connectivity index is 1.89. The van der Waals surface area contributed by atoms with E-state index < -0.39 is 18.4 Å². The van der Waals surface area contributed by atoms with Gasteiger partial charge >= 0.3 is 6.03 Å². The van der Waals surface area contributed by atoms with E-state index in [1.165, 1.54) is 0 Å². The number of para-hydroxylation sites is 1. The molecule has 1 aromatic rings. The van der Waals surface area contributed by atoms with Gasteiger partial charge in [0.05, 0.1) is 6.10 Å². The highest BCUT2D eigenvalue weighted by molar-refractivity contribution is 5.88. The van der Waals surface area contributed by atoms with Crippen LogP contribution >= 0.6 is 0 Å². The summed E-state index contributed by atoms with van der Waals surface area (Å²) in [5.41, 5.74) is 6.69. The van der Waals surface area contributed by atoms with Crippen LogP contribution in [0.15, 0.2) is 41.6 Å². The van der Waals surface area contributed by atoms with Crippen molar-refractivity contribution in [1.82, 2.24) is 16.2 Å². The van der Waals surface area contributed by atoms with Gasteiger partial charge in [0.15, 0.2) is 0 Å². The third-order valence-corrected chi connectivity index (χ3v) is 2.99. The van der Waals surface area contributed by atoms with E-state index in [9.17, 15) is 15.0 Å². The number of carbonyl (C=O) groups is 1. The lowest BCUT2D eigenvalue weighted by molar-refractivity contribution is 0.185. The zero-order valence-corrected chi connectivity index (χ0v) is 11.1. The SMILES string of the molecule is C/C(NNC(=O)Nc1ccccc1)=C1\C(O)CNC1O. The molecule has 0 radical (unpaired) electrons. The minimum Gasteiger partial charge on any atom is -0.387 e. The molecular weight excluding hydrogens is 260 g/mol. The molecule has 2 amide bonds. The van der Waals surface area contributed by atoms with Crippen molar-refractivity contribution in [2.24, 2.45) is 0 Å². The summed E-state index contributed by atoms with van der Waals surface area (Å²) in [5.74, 6) is 0. The van der Waals surface area contributed by atoms with Crippen LogP contribution in [0.25, 0.3) is 0 Å². The molecule has 2 unspecified atom stereocenters. The third kappa shape index (κ3) is 3.47. The van der Waals surface area contributed by atoms with E-state index in [1.807, 2.05) is 18.2 Å². The highest BCUT2D eigenvalue weighted by atomic mass is 16.3. The summed E-state index contributed by atoms with van der Waals surface area (Å²) < 4.78 is 0. The number of amides is 2. The summed E-state index contributed by atoms with van der Waals surface area (Å²) in [6.45, 7) is 1.95. The smallest absolute Gasteiger partial charge is 0.337 e. The second-order valence-corrected chi connectivity index (χ2v) is 4.48. The molecule has 1 heterocycles. The quantitative estimate of drug-likeness (QED) is 0.432. The van der Waals surface area contributed by atoms with Crippen molar-refractivity contribution in [1.29, 1.82) is 0 Å². The molecule has 0 aliphatic carbocycles. The van der Waals surface area contributed by atoms with Gasteiger partial charge < -0.3 is 21.0 Å². The molecular formula is C13H18N4O3. The van der Waals surface area contributed by atoms with Crippen molar-refractivity contribution in [3.63, 3.8) is 0 Å². The number of carbonyl (C=O) groups excluding carboxylic acids is 1. The molecule has 0 bridgehead atoms. The third-order valence-electron chi connectivity index (χ3n) is 2.99. The van der Waals surface area contributed by atoms with Crippen molar-refractivity contribution in [3.8, 4) is 0 Å². The molecule has 2 atom stereocenters. The van der Waals surface area contributed by atoms with Gasteiger partial charge in [-0.05, 0) is 19.1 Å². The Bertz CT molecular complexity index is 492. The number of benzene rings is 1. The fourth-order valence-corrected chi connectivity index (χ4v) is 1.99. The number of rotatable bonds is 3. The fraction of sp³-hybridized carbons (Fsp3) is 0.308. The molecule has 1 aromatic carbocycles. The number of hydrogen-bond donors (Lipinski definition) is 6. The second kappa shape index (κ2) is 6.38. The van der Waals surface area contributed by atoms with Gasteiger partial charge in [-0.3, -0.25) is 10.7 Å². The van der Waals surface area contributed by atoms with Crippen LogP contribution in [-0.2, 0) is 0 Å². The highest BCUT2D eigenvalue weighted by Gasteiger charge is 2.28. The topological polar surface area (TPSA) is 106 Å². The number of allylic oxidation sites excluding steroid dienone is 1. The molecule has 7 nitrogen and oxygen atoms in total. The Morgan fingerprint density at radius 3 is 2.55 bits per heavy atom. The van der Waals surface area contributed by atoms with E-state index in [0.717, 1.165) is 0 Å². The summed E-state index contributed by atoms with van der Waals surface area (Å²) >= 11 is 0. The number of urea groups is 1. The van der Waals surface area contributed by atoms with E-state index in [2.05, 4.69) is 21.5 Å². The number of hydrogen-bond acceptors (Lipinski definition) is 5. The standard InChI is InChI=1S/C13H18N4O3/c1-8(11-10(18)7-14-12(11)19)16-17-13(20)15-9-5-3-2-4-6-9/h2-6,10,12,14,16,18-19H,7H2,1H3,(H2,15,17,20)/b11-8-. The molecule has 2 rings (SSSR count). The summed E-state index contributed by atoms with van der Waals surface area (Å²) in [5, 5.41) is 24.7. The monoisotopic (exact) mass is 278 g/mol. The summed E-state index contributed by atoms with van der Waals surface area (Å²) in [6.07, 6.45) is -1.67. The average Bonchev–Trinajstić information content (AvgIpc) is 2.77. The van der Waals surface area contributed by atoms with Crippen LogP contribution in [-0.4, -0.2) is 35.1 Å². The number of β-amino-alcohol motifs (C(OH)–C–C–N with tert-alkyl or cyclic N) is 1. The first-order valence-corrected chi connectivity index (χ1v) is 6.26. The highest BCUT2D eigenvalue weighted by Crippen LogP contribution is 2.15. The van der Waals surface area contributed by atoms with Gasteiger partial charge in [0.1, 0.15) is 6.23 Å². The average molecular weight is 278 g/mol. The largest absolute Gasteiger partial charge is 0.387 e. The first-order valence-electron chi connectivity index (χ1n) is 6.26. The maximum absolute atomic E-state index is 11.6. The predicted molar refractivity (Wildman–Crippen MR) is 74.4 cm³/mol. The first kappa shape index (κ1) is 14.3. The van der Waals surface area contributed by atoms with Gasteiger partial charge in [-0.25, -0.2) is 4.79 Å². The van der Waals surface area contributed by atoms with E-state index in [4.69, 9.17) is 0 Å². The van der Waals surface area contributed by atoms with E-state index >= 15 is 0 Å². The molecule has 1 aliphatic rings. The Morgan fingerprint density at radius 1 is 1.25 bits per heavy atom. The molecule has 1 saturated heterocycles. The lowest BCUT2D eigenvalue weighted by atomic mass is 10.1. The van der Waals surface area contributed by atoms with Crippen molar-refractivity contribution >= 4 is 11.7 Å². The lowest BCUT2D eigenvalue weighted by Gasteiger charge is -2.15. The van der Waals surface area contributed by atoms with Crippen LogP contribution in [0.1, 0.15) is 6.92 Å². The molecule has 0 aromatic heterocycles. The zero-order valence-electron chi connectivity index (χ0n) is 11.1. The van der Waals surface area contributed by atoms with Gasteiger partial charge in [-0.15, -0.1) is 0 Å². The van der Waals surface area contributed by atoms with E-state index in [-0.39, 0.29) is 6.54 Å². The Labute approximate surface area is 116 Å². The zero-order chi connectivity index (χ0) is 14.5. The van der Waals surface area contributed by atoms with Gasteiger partial charge in [-0.2, -0.15) is 0 Å². The van der Waals surface area contributed by atoms with Crippen LogP contribution in [0.5, 0.6) is 0 Å². The Morgan fingerprint density at radius 2 is 1.95 bits per heavy atom. The van der Waals surface area contributed by atoms with Crippen molar-refractivity contribution in [2.45, 2.75) is 19.3 Å². The van der Waals surface area contributed by atoms with Crippen LogP contribution in [0, 0.1) is 0 Å². The molecule has 108 valence electrons. The van der Waals surface area contributed by atoms with E-state index in [0.29, 0.717) is 17.0 Å². The van der Waals surface area contributed by atoms with Crippen molar-refractivity contribution in [2.75, 3.05) is 11.9 Å². The molecule has 0 spiro atoms. The minimum atomic E-state index is -0.906. The predicted octanol–water partition coefficient (Wildman–Crippen LogP) is -0.131. The fourth-order valence-electron chi connectivity index (χ4n) is 1.99. The normalized spacial score (nSPS) is 24.1. The maximum atomic E-state index is 11.6. The Hall–Kier alpha value is -2.09. The van der Waals surface area contributed by atoms with Crippen molar-refractivity contribution < 1.29 is 15.0 Å². The van der Waals surface area contributed by atoms with E-state index in [1.54, 1.807) is 19.1 Å². The molecule has 7 heteroatoms. The molecule has 0 saturated carbocycles. The number of nitrogens with one attached hydrogen (secondary N) is 4. The molecule has 20 heavy (non-hydrogen) atoms. The molecule has 1 aliphatic heterocycles. The summed E-state index contributed by atoms with van der Waals surface area (Å²) in [6, 6.07) is 8.57. The molecule has 6 N–H and O–H groups in total. The first-order chi connectivity index (χ1) is 9.58. The maximum Gasteiger partial charge on any atom is 0.337 e. The minimum absolute atomic E-state index is 0.283. The van der Waals surface area contributed by atoms with Gasteiger partial charge in [0.25, 0.3) is 0 Å². The van der Waals surface area contributed by atoms with Gasteiger partial charge in [0.2, 0.25) is 0 Å².